The molecule has 0 amide bonds. The summed E-state index contributed by atoms with van der Waals surface area (Å²) in [5.41, 5.74) is 9.38. The minimum Gasteiger partial charge on any atom is -0.399 e. The third kappa shape index (κ3) is 2.92. The van der Waals surface area contributed by atoms with E-state index in [0.717, 1.165) is 16.8 Å². The third-order valence-corrected chi connectivity index (χ3v) is 4.14. The minimum absolute atomic E-state index is 0.0154. The van der Waals surface area contributed by atoms with Gasteiger partial charge in [-0.25, -0.2) is 13.6 Å². The number of aryl methyl sites for hydroxylation is 1. The van der Waals surface area contributed by atoms with Gasteiger partial charge in [-0.2, -0.15) is 0 Å². The zero-order valence-corrected chi connectivity index (χ0v) is 12.2. The molecule has 106 valence electrons. The summed E-state index contributed by atoms with van der Waals surface area (Å²) in [6.07, 6.45) is 0. The summed E-state index contributed by atoms with van der Waals surface area (Å²) in [6, 6.07) is 10.4. The van der Waals surface area contributed by atoms with Crippen LogP contribution in [0.5, 0.6) is 0 Å². The number of sulfonamides is 1. The second-order valence-electron chi connectivity index (χ2n) is 4.67. The molecule has 0 spiro atoms. The Morgan fingerprint density at radius 1 is 1.05 bits per heavy atom. The third-order valence-electron chi connectivity index (χ3n) is 3.19. The molecule has 0 heterocycles. The van der Waals surface area contributed by atoms with E-state index in [0.29, 0.717) is 11.4 Å². The van der Waals surface area contributed by atoms with Crippen molar-refractivity contribution in [3.63, 3.8) is 0 Å². The molecule has 0 saturated carbocycles. The van der Waals surface area contributed by atoms with Gasteiger partial charge in [0.05, 0.1) is 5.69 Å². The van der Waals surface area contributed by atoms with Crippen molar-refractivity contribution in [3.05, 3.63) is 47.5 Å². The first kappa shape index (κ1) is 14.4. The van der Waals surface area contributed by atoms with E-state index >= 15 is 0 Å². The molecule has 0 aromatic heterocycles. The second-order valence-corrected chi connectivity index (χ2v) is 6.20. The van der Waals surface area contributed by atoms with Gasteiger partial charge in [-0.3, -0.25) is 0 Å². The highest BCUT2D eigenvalue weighted by atomic mass is 32.2. The Balaban J connectivity index is 2.52. The lowest BCUT2D eigenvalue weighted by atomic mass is 10.1. The summed E-state index contributed by atoms with van der Waals surface area (Å²) in [6.45, 7) is 3.95. The van der Waals surface area contributed by atoms with Crippen LogP contribution in [0.15, 0.2) is 41.3 Å². The topological polar surface area (TPSA) is 98.2 Å². The van der Waals surface area contributed by atoms with Crippen molar-refractivity contribution in [1.29, 1.82) is 0 Å². The first-order chi connectivity index (χ1) is 9.29. The van der Waals surface area contributed by atoms with E-state index in [4.69, 9.17) is 10.9 Å². The molecule has 0 aliphatic heterocycles. The maximum absolute atomic E-state index is 11.6. The Kier molecular flexibility index (Phi) is 3.69. The molecule has 0 aliphatic carbocycles. The monoisotopic (exact) mass is 291 g/mol. The van der Waals surface area contributed by atoms with Gasteiger partial charge < -0.3 is 11.1 Å². The lowest BCUT2D eigenvalue weighted by Gasteiger charge is -2.14. The minimum atomic E-state index is -3.84. The fourth-order valence-corrected chi connectivity index (χ4v) is 2.64. The molecule has 0 saturated heterocycles. The van der Waals surface area contributed by atoms with Crippen molar-refractivity contribution in [3.8, 4) is 0 Å². The highest BCUT2D eigenvalue weighted by Gasteiger charge is 2.15. The van der Waals surface area contributed by atoms with Gasteiger partial charge in [0.2, 0.25) is 10.0 Å². The summed E-state index contributed by atoms with van der Waals surface area (Å²) in [4.78, 5) is -0.0154. The highest BCUT2D eigenvalue weighted by molar-refractivity contribution is 7.89. The number of nitrogens with two attached hydrogens (primary N) is 2. The van der Waals surface area contributed by atoms with Gasteiger partial charge in [0.1, 0.15) is 4.90 Å². The number of hydrogen-bond donors (Lipinski definition) is 3. The Bertz CT molecular complexity index is 755. The quantitative estimate of drug-likeness (QED) is 0.755. The predicted molar refractivity (Wildman–Crippen MR) is 81.4 cm³/mol. The summed E-state index contributed by atoms with van der Waals surface area (Å²) < 4.78 is 23.3. The standard InChI is InChI=1S/C14H17N3O2S/c1-9-4-3-5-12(10(9)2)17-13-7-6-11(15)8-14(13)20(16,18)19/h3-8,17H,15H2,1-2H3,(H2,16,18,19). The van der Waals surface area contributed by atoms with Crippen LogP contribution in [0.25, 0.3) is 0 Å². The fraction of sp³-hybridized carbons (Fsp3) is 0.143. The average Bonchev–Trinajstić information content (AvgIpc) is 2.36. The van der Waals surface area contributed by atoms with E-state index in [2.05, 4.69) is 5.32 Å². The van der Waals surface area contributed by atoms with Gasteiger partial charge in [0.25, 0.3) is 0 Å². The number of rotatable bonds is 3. The van der Waals surface area contributed by atoms with Gasteiger partial charge in [0.15, 0.2) is 0 Å². The first-order valence-corrected chi connectivity index (χ1v) is 7.59. The zero-order chi connectivity index (χ0) is 14.9. The summed E-state index contributed by atoms with van der Waals surface area (Å²) in [5, 5.41) is 8.33. The van der Waals surface area contributed by atoms with Crippen LogP contribution >= 0.6 is 0 Å². The van der Waals surface area contributed by atoms with Crippen LogP contribution in [0.2, 0.25) is 0 Å². The van der Waals surface area contributed by atoms with Crippen molar-refractivity contribution >= 4 is 27.1 Å². The number of primary sulfonamides is 1. The number of nitrogens with one attached hydrogen (secondary N) is 1. The van der Waals surface area contributed by atoms with Crippen molar-refractivity contribution in [2.75, 3.05) is 11.1 Å². The Morgan fingerprint density at radius 3 is 2.40 bits per heavy atom. The normalized spacial score (nSPS) is 11.3. The van der Waals surface area contributed by atoms with Crippen LogP contribution in [0, 0.1) is 13.8 Å². The largest absolute Gasteiger partial charge is 0.399 e. The molecule has 0 atom stereocenters. The molecule has 0 radical (unpaired) electrons. The Labute approximate surface area is 118 Å². The van der Waals surface area contributed by atoms with Crippen LogP contribution in [0.3, 0.4) is 0 Å². The summed E-state index contributed by atoms with van der Waals surface area (Å²) in [5.74, 6) is 0. The number of hydrogen-bond acceptors (Lipinski definition) is 4. The number of nitrogen functional groups attached to an aromatic ring is 1. The first-order valence-electron chi connectivity index (χ1n) is 6.04. The van der Waals surface area contributed by atoms with Crippen LogP contribution in [-0.2, 0) is 10.0 Å². The van der Waals surface area contributed by atoms with Gasteiger partial charge in [-0.1, -0.05) is 12.1 Å². The molecular weight excluding hydrogens is 274 g/mol. The van der Waals surface area contributed by atoms with Gasteiger partial charge >= 0.3 is 0 Å². The smallest absolute Gasteiger partial charge is 0.240 e. The molecule has 0 aliphatic rings. The van der Waals surface area contributed by atoms with Crippen molar-refractivity contribution < 1.29 is 8.42 Å². The molecule has 2 rings (SSSR count). The molecule has 0 unspecified atom stereocenters. The highest BCUT2D eigenvalue weighted by Crippen LogP contribution is 2.28. The van der Waals surface area contributed by atoms with Gasteiger partial charge in [-0.15, -0.1) is 0 Å². The molecular formula is C14H17N3O2S. The van der Waals surface area contributed by atoms with E-state index in [9.17, 15) is 8.42 Å². The lowest BCUT2D eigenvalue weighted by Crippen LogP contribution is -2.14. The van der Waals surface area contributed by atoms with Crippen LogP contribution in [0.4, 0.5) is 17.1 Å². The predicted octanol–water partition coefficient (Wildman–Crippen LogP) is 2.28. The van der Waals surface area contributed by atoms with Crippen molar-refractivity contribution in [1.82, 2.24) is 0 Å². The Hall–Kier alpha value is -2.05. The molecule has 2 aromatic rings. The second kappa shape index (κ2) is 5.15. The van der Waals surface area contributed by atoms with Crippen LogP contribution < -0.4 is 16.2 Å². The number of benzene rings is 2. The van der Waals surface area contributed by atoms with Crippen LogP contribution in [-0.4, -0.2) is 8.42 Å². The average molecular weight is 291 g/mol. The molecule has 6 heteroatoms. The van der Waals surface area contributed by atoms with Crippen LogP contribution in [0.1, 0.15) is 11.1 Å². The maximum atomic E-state index is 11.6. The van der Waals surface area contributed by atoms with Gasteiger partial charge in [-0.05, 0) is 49.2 Å². The summed E-state index contributed by atoms with van der Waals surface area (Å²) in [7, 11) is -3.84. The molecule has 0 fully saturated rings. The van der Waals surface area contributed by atoms with E-state index in [-0.39, 0.29) is 4.90 Å². The summed E-state index contributed by atoms with van der Waals surface area (Å²) >= 11 is 0. The SMILES string of the molecule is Cc1cccc(Nc2ccc(N)cc2S(N)(=O)=O)c1C. The van der Waals surface area contributed by atoms with E-state index in [1.165, 1.54) is 6.07 Å². The lowest BCUT2D eigenvalue weighted by molar-refractivity contribution is 0.598. The molecule has 2 aromatic carbocycles. The number of anilines is 3. The molecule has 20 heavy (non-hydrogen) atoms. The Morgan fingerprint density at radius 2 is 1.75 bits per heavy atom. The fourth-order valence-electron chi connectivity index (χ4n) is 1.91. The molecule has 5 N–H and O–H groups in total. The molecule has 5 nitrogen and oxygen atoms in total. The zero-order valence-electron chi connectivity index (χ0n) is 11.3. The van der Waals surface area contributed by atoms with E-state index < -0.39 is 10.0 Å². The van der Waals surface area contributed by atoms with E-state index in [1.54, 1.807) is 12.1 Å². The molecule has 0 bridgehead atoms. The van der Waals surface area contributed by atoms with Crippen molar-refractivity contribution in [2.45, 2.75) is 18.7 Å². The van der Waals surface area contributed by atoms with E-state index in [1.807, 2.05) is 32.0 Å². The maximum Gasteiger partial charge on any atom is 0.240 e. The van der Waals surface area contributed by atoms with Crippen molar-refractivity contribution in [2.24, 2.45) is 5.14 Å². The van der Waals surface area contributed by atoms with Gasteiger partial charge in [0, 0.05) is 11.4 Å².